The number of nitrogens with two attached hydrogens (primary N) is 1. The number of esters is 1. The van der Waals surface area contributed by atoms with Crippen molar-refractivity contribution in [3.63, 3.8) is 0 Å². The van der Waals surface area contributed by atoms with Gasteiger partial charge in [-0.05, 0) is 0 Å². The second kappa shape index (κ2) is 8.89. The van der Waals surface area contributed by atoms with Crippen LogP contribution >= 0.6 is 12.4 Å². The normalized spacial score (nSPS) is 13.8. The molecule has 0 saturated heterocycles. The Bertz CT molecular complexity index is 354. The number of nitrogens with zero attached hydrogens (tertiary/aromatic N) is 1. The maximum absolute atomic E-state index is 11.7. The van der Waals surface area contributed by atoms with Gasteiger partial charge in [-0.2, -0.15) is 0 Å². The van der Waals surface area contributed by atoms with Gasteiger partial charge in [0.25, 0.3) is 0 Å². The van der Waals surface area contributed by atoms with Crippen molar-refractivity contribution in [1.29, 1.82) is 0 Å². The highest BCUT2D eigenvalue weighted by Crippen LogP contribution is 2.14. The number of carbonyl (C=O) groups is 3. The van der Waals surface area contributed by atoms with E-state index in [-0.39, 0.29) is 31.9 Å². The van der Waals surface area contributed by atoms with Crippen LogP contribution in [0.4, 0.5) is 0 Å². The number of carboxylic acid groups (broad SMARTS) is 1. The van der Waals surface area contributed by atoms with Crippen LogP contribution in [0, 0.1) is 5.92 Å². The molecule has 0 spiro atoms. The third-order valence-electron chi connectivity index (χ3n) is 2.50. The van der Waals surface area contributed by atoms with Gasteiger partial charge in [-0.15, -0.1) is 12.4 Å². The van der Waals surface area contributed by atoms with Crippen LogP contribution in [0.15, 0.2) is 0 Å². The van der Waals surface area contributed by atoms with Crippen molar-refractivity contribution in [3.8, 4) is 0 Å². The average Bonchev–Trinajstić information content (AvgIpc) is 2.25. The molecule has 0 heterocycles. The van der Waals surface area contributed by atoms with E-state index in [0.717, 1.165) is 0 Å². The zero-order valence-corrected chi connectivity index (χ0v) is 13.1. The smallest absolute Gasteiger partial charge is 0.320 e. The van der Waals surface area contributed by atoms with E-state index in [0.29, 0.717) is 4.48 Å². The SMILES string of the molecule is CCC(=O)C(C(=O)[O-])C(C[N+](C)(C)C)OC(=O)CN.Cl. The summed E-state index contributed by atoms with van der Waals surface area (Å²) in [5.74, 6) is -4.26. The number of rotatable bonds is 8. The van der Waals surface area contributed by atoms with E-state index in [1.807, 2.05) is 0 Å². The van der Waals surface area contributed by atoms with Gasteiger partial charge in [-0.1, -0.05) is 6.92 Å². The largest absolute Gasteiger partial charge is 0.549 e. The predicted octanol–water partition coefficient (Wildman–Crippen LogP) is -1.67. The average molecular weight is 311 g/mol. The molecule has 0 fully saturated rings. The molecule has 0 aliphatic heterocycles. The molecule has 0 aliphatic rings. The molecule has 2 unspecified atom stereocenters. The van der Waals surface area contributed by atoms with Crippen molar-refractivity contribution < 1.29 is 28.7 Å². The molecule has 0 amide bonds. The zero-order chi connectivity index (χ0) is 15.2. The van der Waals surface area contributed by atoms with Gasteiger partial charge in [0.05, 0.1) is 39.6 Å². The molecule has 0 rings (SSSR count). The third-order valence-corrected chi connectivity index (χ3v) is 2.50. The van der Waals surface area contributed by atoms with Gasteiger partial charge < -0.3 is 24.9 Å². The summed E-state index contributed by atoms with van der Waals surface area (Å²) in [4.78, 5) is 34.1. The molecular formula is C12H23ClN2O5. The van der Waals surface area contributed by atoms with Crippen molar-refractivity contribution in [1.82, 2.24) is 0 Å². The Hall–Kier alpha value is -1.18. The predicted molar refractivity (Wildman–Crippen MR) is 72.9 cm³/mol. The Kier molecular flexibility index (Phi) is 9.38. The number of ether oxygens (including phenoxy) is 1. The second-order valence-corrected chi connectivity index (χ2v) is 5.32. The van der Waals surface area contributed by atoms with Gasteiger partial charge in [0.1, 0.15) is 12.3 Å². The van der Waals surface area contributed by atoms with Crippen molar-refractivity contribution in [2.45, 2.75) is 19.4 Å². The van der Waals surface area contributed by atoms with Crippen LogP contribution in [0.3, 0.4) is 0 Å². The monoisotopic (exact) mass is 310 g/mol. The van der Waals surface area contributed by atoms with E-state index in [2.05, 4.69) is 0 Å². The molecule has 0 aromatic carbocycles. The van der Waals surface area contributed by atoms with Crippen LogP contribution in [0.1, 0.15) is 13.3 Å². The van der Waals surface area contributed by atoms with Crippen molar-refractivity contribution in [3.05, 3.63) is 0 Å². The molecule has 118 valence electrons. The zero-order valence-electron chi connectivity index (χ0n) is 12.3. The van der Waals surface area contributed by atoms with Crippen LogP contribution in [-0.2, 0) is 19.1 Å². The second-order valence-electron chi connectivity index (χ2n) is 5.32. The lowest BCUT2D eigenvalue weighted by molar-refractivity contribution is -0.873. The number of quaternary nitrogens is 1. The molecule has 0 saturated carbocycles. The minimum atomic E-state index is -1.53. The molecule has 2 atom stereocenters. The van der Waals surface area contributed by atoms with E-state index in [1.165, 1.54) is 0 Å². The fraction of sp³-hybridized carbons (Fsp3) is 0.750. The molecule has 2 N–H and O–H groups in total. The molecule has 0 bridgehead atoms. The Morgan fingerprint density at radius 3 is 2.05 bits per heavy atom. The van der Waals surface area contributed by atoms with Gasteiger partial charge >= 0.3 is 5.97 Å². The lowest BCUT2D eigenvalue weighted by Gasteiger charge is -2.33. The summed E-state index contributed by atoms with van der Waals surface area (Å²) >= 11 is 0. The van der Waals surface area contributed by atoms with Crippen LogP contribution in [0.25, 0.3) is 0 Å². The summed E-state index contributed by atoms with van der Waals surface area (Å²) in [6, 6.07) is 0. The fourth-order valence-corrected chi connectivity index (χ4v) is 1.68. The Balaban J connectivity index is 0. The summed E-state index contributed by atoms with van der Waals surface area (Å²) < 4.78 is 5.34. The molecular weight excluding hydrogens is 288 g/mol. The van der Waals surface area contributed by atoms with Gasteiger partial charge in [-0.25, -0.2) is 0 Å². The molecule has 0 aromatic heterocycles. The number of carbonyl (C=O) groups excluding carboxylic acids is 3. The fourth-order valence-electron chi connectivity index (χ4n) is 1.68. The Morgan fingerprint density at radius 1 is 1.25 bits per heavy atom. The quantitative estimate of drug-likeness (QED) is 0.326. The number of Topliss-reactive ketones (excluding diaryl/α,β-unsaturated/α-hetero) is 1. The first-order chi connectivity index (χ1) is 8.62. The summed E-state index contributed by atoms with van der Waals surface area (Å²) in [6.07, 6.45) is -1.04. The number of ketones is 1. The first kappa shape index (κ1) is 21.1. The van der Waals surface area contributed by atoms with Crippen molar-refractivity contribution in [2.24, 2.45) is 11.7 Å². The maximum atomic E-state index is 11.7. The molecule has 0 radical (unpaired) electrons. The Morgan fingerprint density at radius 2 is 1.75 bits per heavy atom. The molecule has 7 nitrogen and oxygen atoms in total. The highest BCUT2D eigenvalue weighted by molar-refractivity contribution is 5.98. The maximum Gasteiger partial charge on any atom is 0.320 e. The number of likely N-dealkylation sites (N-methyl/N-ethyl adjacent to an activating group) is 1. The molecule has 0 aliphatic carbocycles. The molecule has 0 aromatic rings. The summed E-state index contributed by atoms with van der Waals surface area (Å²) in [5, 5.41) is 11.1. The summed E-state index contributed by atoms with van der Waals surface area (Å²) in [6.45, 7) is 1.36. The van der Waals surface area contributed by atoms with Crippen LogP contribution < -0.4 is 10.8 Å². The number of aliphatic carboxylic acids is 1. The van der Waals surface area contributed by atoms with Gasteiger partial charge in [0.15, 0.2) is 6.10 Å². The summed E-state index contributed by atoms with van der Waals surface area (Å²) in [5.41, 5.74) is 5.14. The Labute approximate surface area is 125 Å². The lowest BCUT2D eigenvalue weighted by Crippen LogP contribution is -2.53. The van der Waals surface area contributed by atoms with Gasteiger partial charge in [0, 0.05) is 6.42 Å². The number of hydrogen-bond acceptors (Lipinski definition) is 6. The minimum Gasteiger partial charge on any atom is -0.549 e. The van der Waals surface area contributed by atoms with Gasteiger partial charge in [0.2, 0.25) is 0 Å². The van der Waals surface area contributed by atoms with E-state index in [4.69, 9.17) is 10.5 Å². The van der Waals surface area contributed by atoms with Crippen LogP contribution in [0.5, 0.6) is 0 Å². The molecule has 20 heavy (non-hydrogen) atoms. The van der Waals surface area contributed by atoms with E-state index in [9.17, 15) is 19.5 Å². The van der Waals surface area contributed by atoms with Gasteiger partial charge in [-0.3, -0.25) is 9.59 Å². The topological polar surface area (TPSA) is 110 Å². The van der Waals surface area contributed by atoms with E-state index >= 15 is 0 Å². The number of hydrogen-bond donors (Lipinski definition) is 1. The first-order valence-electron chi connectivity index (χ1n) is 6.06. The van der Waals surface area contributed by atoms with E-state index < -0.39 is 29.7 Å². The van der Waals surface area contributed by atoms with Crippen molar-refractivity contribution >= 4 is 30.1 Å². The summed E-state index contributed by atoms with van der Waals surface area (Å²) in [7, 11) is 5.39. The number of carboxylic acids is 1. The first-order valence-corrected chi connectivity index (χ1v) is 6.06. The highest BCUT2D eigenvalue weighted by atomic mass is 35.5. The van der Waals surface area contributed by atoms with Crippen LogP contribution in [-0.4, -0.2) is 62.5 Å². The minimum absolute atomic E-state index is 0. The van der Waals surface area contributed by atoms with Crippen LogP contribution in [0.2, 0.25) is 0 Å². The lowest BCUT2D eigenvalue weighted by atomic mass is 9.95. The standard InChI is InChI=1S/C12H22N2O5.ClH/c1-5-8(15)11(12(17)18)9(7-14(2,3)4)19-10(16)6-13;/h9,11H,5-7,13H2,1-4H3;1H. The third kappa shape index (κ3) is 7.42. The number of halogens is 1. The van der Waals surface area contributed by atoms with E-state index in [1.54, 1.807) is 28.1 Å². The van der Waals surface area contributed by atoms with Crippen molar-refractivity contribution in [2.75, 3.05) is 34.2 Å². The highest BCUT2D eigenvalue weighted by Gasteiger charge is 2.35. The molecule has 8 heteroatoms.